The monoisotopic (exact) mass is 407 g/mol. The van der Waals surface area contributed by atoms with Gasteiger partial charge in [0.25, 0.3) is 5.91 Å². The molecule has 7 heteroatoms. The number of amides is 1. The summed E-state index contributed by atoms with van der Waals surface area (Å²) in [4.78, 5) is 12.3. The molecule has 3 rings (SSSR count). The fraction of sp³-hybridized carbons (Fsp3) is 0.0625. The largest absolute Gasteiger partial charge is 0.296 e. The van der Waals surface area contributed by atoms with Crippen molar-refractivity contribution in [3.63, 3.8) is 0 Å². The van der Waals surface area contributed by atoms with E-state index >= 15 is 0 Å². The van der Waals surface area contributed by atoms with Crippen LogP contribution in [-0.4, -0.2) is 16.1 Å². The second kappa shape index (κ2) is 6.78. The molecule has 0 aliphatic carbocycles. The number of benzene rings is 2. The van der Waals surface area contributed by atoms with E-state index in [4.69, 9.17) is 11.6 Å². The van der Waals surface area contributed by atoms with Crippen molar-refractivity contribution in [3.05, 3.63) is 63.1 Å². The second-order valence-corrected chi connectivity index (χ2v) is 7.11. The van der Waals surface area contributed by atoms with Crippen LogP contribution in [0.5, 0.6) is 0 Å². The molecular weight excluding hydrogens is 398 g/mol. The van der Waals surface area contributed by atoms with Crippen LogP contribution in [0.1, 0.15) is 15.9 Å². The van der Waals surface area contributed by atoms with E-state index in [1.165, 1.54) is 11.3 Å². The summed E-state index contributed by atoms with van der Waals surface area (Å²) in [5, 5.41) is 12.5. The number of carbonyl (C=O) groups is 1. The average Bonchev–Trinajstić information content (AvgIpc) is 2.98. The molecule has 1 heterocycles. The number of halogens is 2. The third-order valence-electron chi connectivity index (χ3n) is 3.19. The summed E-state index contributed by atoms with van der Waals surface area (Å²) < 4.78 is 0.782. The van der Waals surface area contributed by atoms with E-state index in [1.807, 2.05) is 31.2 Å². The maximum Gasteiger partial charge on any atom is 0.259 e. The number of nitrogens with zero attached hydrogens (tertiary/aromatic N) is 2. The summed E-state index contributed by atoms with van der Waals surface area (Å²) >= 11 is 10.7. The van der Waals surface area contributed by atoms with Gasteiger partial charge in [0.05, 0.1) is 10.6 Å². The van der Waals surface area contributed by atoms with Crippen molar-refractivity contribution in [3.8, 4) is 10.6 Å². The zero-order chi connectivity index (χ0) is 16.4. The van der Waals surface area contributed by atoms with Gasteiger partial charge in [-0.05, 0) is 30.7 Å². The van der Waals surface area contributed by atoms with Crippen molar-refractivity contribution in [2.45, 2.75) is 6.92 Å². The summed E-state index contributed by atoms with van der Waals surface area (Å²) in [6.07, 6.45) is 0. The molecule has 0 saturated carbocycles. The van der Waals surface area contributed by atoms with E-state index in [1.54, 1.807) is 18.2 Å². The van der Waals surface area contributed by atoms with Gasteiger partial charge in [0.2, 0.25) is 5.13 Å². The Kier molecular flexibility index (Phi) is 4.75. The predicted molar refractivity (Wildman–Crippen MR) is 97.2 cm³/mol. The van der Waals surface area contributed by atoms with Crippen LogP contribution in [0.4, 0.5) is 5.13 Å². The standard InChI is InChI=1S/C16H11BrClN3OS/c1-9-4-2-3-5-11(9)15-20-21-16(23-15)19-14(22)12-8-10(17)6-7-13(12)18/h2-8H,1H3,(H,19,21,22). The highest BCUT2D eigenvalue weighted by molar-refractivity contribution is 9.10. The summed E-state index contributed by atoms with van der Waals surface area (Å²) in [5.74, 6) is -0.316. The molecule has 116 valence electrons. The number of rotatable bonds is 3. The van der Waals surface area contributed by atoms with Crippen LogP contribution in [0.15, 0.2) is 46.9 Å². The first-order valence-electron chi connectivity index (χ1n) is 6.70. The molecule has 0 atom stereocenters. The molecule has 2 aromatic carbocycles. The van der Waals surface area contributed by atoms with Crippen molar-refractivity contribution in [1.82, 2.24) is 10.2 Å². The van der Waals surface area contributed by atoms with E-state index in [9.17, 15) is 4.79 Å². The highest BCUT2D eigenvalue weighted by Gasteiger charge is 2.15. The number of aryl methyl sites for hydroxylation is 1. The first-order valence-corrected chi connectivity index (χ1v) is 8.69. The molecule has 0 fully saturated rings. The fourth-order valence-corrected chi connectivity index (χ4v) is 3.43. The smallest absolute Gasteiger partial charge is 0.259 e. The van der Waals surface area contributed by atoms with Crippen LogP contribution in [0.25, 0.3) is 10.6 Å². The minimum Gasteiger partial charge on any atom is -0.296 e. The molecule has 0 aliphatic rings. The van der Waals surface area contributed by atoms with Gasteiger partial charge < -0.3 is 0 Å². The first kappa shape index (κ1) is 16.1. The Labute approximate surface area is 150 Å². The van der Waals surface area contributed by atoms with E-state index in [-0.39, 0.29) is 5.91 Å². The molecular formula is C16H11BrClN3OS. The lowest BCUT2D eigenvalue weighted by atomic mass is 10.1. The molecule has 23 heavy (non-hydrogen) atoms. The average molecular weight is 409 g/mol. The molecule has 0 bridgehead atoms. The SMILES string of the molecule is Cc1ccccc1-c1nnc(NC(=O)c2cc(Br)ccc2Cl)s1. The molecule has 1 amide bonds. The van der Waals surface area contributed by atoms with Crippen molar-refractivity contribution in [1.29, 1.82) is 0 Å². The molecule has 0 radical (unpaired) electrons. The third-order valence-corrected chi connectivity index (χ3v) is 4.89. The first-order chi connectivity index (χ1) is 11.0. The summed E-state index contributed by atoms with van der Waals surface area (Å²) in [7, 11) is 0. The van der Waals surface area contributed by atoms with Crippen molar-refractivity contribution in [2.24, 2.45) is 0 Å². The molecule has 1 aromatic heterocycles. The van der Waals surface area contributed by atoms with Gasteiger partial charge in [0.15, 0.2) is 0 Å². The van der Waals surface area contributed by atoms with Gasteiger partial charge in [-0.3, -0.25) is 10.1 Å². The Morgan fingerprint density at radius 2 is 2.00 bits per heavy atom. The number of nitrogens with one attached hydrogen (secondary N) is 1. The number of hydrogen-bond donors (Lipinski definition) is 1. The second-order valence-electron chi connectivity index (χ2n) is 4.81. The lowest BCUT2D eigenvalue weighted by molar-refractivity contribution is 0.102. The number of carbonyl (C=O) groups excluding carboxylic acids is 1. The Morgan fingerprint density at radius 3 is 2.78 bits per heavy atom. The van der Waals surface area contributed by atoms with Crippen LogP contribution in [0.2, 0.25) is 5.02 Å². The maximum atomic E-state index is 12.3. The van der Waals surface area contributed by atoms with E-state index in [0.29, 0.717) is 15.7 Å². The van der Waals surface area contributed by atoms with Gasteiger partial charge in [-0.15, -0.1) is 10.2 Å². The number of hydrogen-bond acceptors (Lipinski definition) is 4. The normalized spacial score (nSPS) is 10.6. The highest BCUT2D eigenvalue weighted by atomic mass is 79.9. The van der Waals surface area contributed by atoms with Gasteiger partial charge in [0, 0.05) is 10.0 Å². The lowest BCUT2D eigenvalue weighted by Crippen LogP contribution is -2.12. The highest BCUT2D eigenvalue weighted by Crippen LogP contribution is 2.29. The quantitative estimate of drug-likeness (QED) is 0.649. The third kappa shape index (κ3) is 3.60. The van der Waals surface area contributed by atoms with Crippen LogP contribution >= 0.6 is 38.9 Å². The summed E-state index contributed by atoms with van der Waals surface area (Å²) in [6.45, 7) is 2.01. The number of anilines is 1. The zero-order valence-corrected chi connectivity index (χ0v) is 15.2. The van der Waals surface area contributed by atoms with Gasteiger partial charge in [-0.25, -0.2) is 0 Å². The van der Waals surface area contributed by atoms with Crippen LogP contribution < -0.4 is 5.32 Å². The van der Waals surface area contributed by atoms with Crippen molar-refractivity contribution in [2.75, 3.05) is 5.32 Å². The topological polar surface area (TPSA) is 54.9 Å². The molecule has 0 spiro atoms. The molecule has 3 aromatic rings. The Balaban J connectivity index is 1.83. The molecule has 1 N–H and O–H groups in total. The van der Waals surface area contributed by atoms with Gasteiger partial charge in [0.1, 0.15) is 5.01 Å². The van der Waals surface area contributed by atoms with Crippen molar-refractivity contribution >= 4 is 49.9 Å². The van der Waals surface area contributed by atoms with E-state index in [2.05, 4.69) is 31.4 Å². The van der Waals surface area contributed by atoms with E-state index < -0.39 is 0 Å². The van der Waals surface area contributed by atoms with Gasteiger partial charge in [-0.2, -0.15) is 0 Å². The minimum atomic E-state index is -0.316. The molecule has 4 nitrogen and oxygen atoms in total. The Bertz CT molecular complexity index is 881. The Hall–Kier alpha value is -1.76. The van der Waals surface area contributed by atoms with Gasteiger partial charge in [-0.1, -0.05) is 63.1 Å². The summed E-state index contributed by atoms with van der Waals surface area (Å²) in [6, 6.07) is 13.0. The summed E-state index contributed by atoms with van der Waals surface area (Å²) in [5.41, 5.74) is 2.50. The lowest BCUT2D eigenvalue weighted by Gasteiger charge is -2.04. The number of aromatic nitrogens is 2. The zero-order valence-electron chi connectivity index (χ0n) is 12.0. The van der Waals surface area contributed by atoms with Crippen molar-refractivity contribution < 1.29 is 4.79 Å². The predicted octanol–water partition coefficient (Wildman–Crippen LogP) is 5.18. The van der Waals surface area contributed by atoms with Gasteiger partial charge >= 0.3 is 0 Å². The maximum absolute atomic E-state index is 12.3. The Morgan fingerprint density at radius 1 is 1.22 bits per heavy atom. The van der Waals surface area contributed by atoms with Crippen LogP contribution in [-0.2, 0) is 0 Å². The minimum absolute atomic E-state index is 0.316. The fourth-order valence-electron chi connectivity index (χ4n) is 2.03. The van der Waals surface area contributed by atoms with E-state index in [0.717, 1.165) is 20.6 Å². The molecule has 0 saturated heterocycles. The molecule has 0 unspecified atom stereocenters. The molecule has 0 aliphatic heterocycles. The van der Waals surface area contributed by atoms with Crippen LogP contribution in [0, 0.1) is 6.92 Å². The van der Waals surface area contributed by atoms with Crippen LogP contribution in [0.3, 0.4) is 0 Å².